The normalized spacial score (nSPS) is 22.6. The van der Waals surface area contributed by atoms with Crippen LogP contribution < -0.4 is 5.32 Å². The summed E-state index contributed by atoms with van der Waals surface area (Å²) in [4.78, 5) is 12.2. The number of carbonyl (C=O) groups is 1. The second kappa shape index (κ2) is 7.37. The van der Waals surface area contributed by atoms with Crippen LogP contribution in [0, 0.1) is 5.92 Å². The highest BCUT2D eigenvalue weighted by atomic mass is 16.5. The number of ether oxygens (including phenoxy) is 2. The van der Waals surface area contributed by atoms with Crippen molar-refractivity contribution in [3.63, 3.8) is 0 Å². The van der Waals surface area contributed by atoms with Crippen molar-refractivity contribution in [2.45, 2.75) is 25.5 Å². The lowest BCUT2D eigenvalue weighted by Gasteiger charge is -2.22. The fraction of sp³-hybridized carbons (Fsp3) is 0.474. The largest absolute Gasteiger partial charge is 0.381 e. The van der Waals surface area contributed by atoms with Crippen molar-refractivity contribution < 1.29 is 14.3 Å². The van der Waals surface area contributed by atoms with Crippen molar-refractivity contribution in [2.24, 2.45) is 5.92 Å². The van der Waals surface area contributed by atoms with E-state index in [1.54, 1.807) is 0 Å². The number of nitrogens with one attached hydrogen (secondary N) is 1. The van der Waals surface area contributed by atoms with Gasteiger partial charge in [0.2, 0.25) is 5.91 Å². The van der Waals surface area contributed by atoms with Gasteiger partial charge in [0, 0.05) is 19.3 Å². The first-order chi connectivity index (χ1) is 12.3. The Bertz CT molecular complexity index is 723. The van der Waals surface area contributed by atoms with Gasteiger partial charge in [0.05, 0.1) is 31.4 Å². The lowest BCUT2D eigenvalue weighted by molar-refractivity contribution is -0.125. The van der Waals surface area contributed by atoms with E-state index in [2.05, 4.69) is 23.6 Å². The van der Waals surface area contributed by atoms with Crippen molar-refractivity contribution in [2.75, 3.05) is 26.4 Å². The van der Waals surface area contributed by atoms with Crippen LogP contribution in [0.3, 0.4) is 0 Å². The summed E-state index contributed by atoms with van der Waals surface area (Å²) in [6.45, 7) is 3.06. The van der Waals surface area contributed by atoms with Gasteiger partial charge < -0.3 is 14.8 Å². The molecule has 1 fully saturated rings. The molecule has 25 heavy (non-hydrogen) atoms. The summed E-state index contributed by atoms with van der Waals surface area (Å²) in [7, 11) is 0. The maximum atomic E-state index is 12.2. The van der Waals surface area contributed by atoms with Gasteiger partial charge >= 0.3 is 0 Å². The predicted molar refractivity (Wildman–Crippen MR) is 92.1 cm³/mol. The number of carbonyl (C=O) groups excluding carboxylic acids is 1. The number of hydrogen-bond acceptors (Lipinski definition) is 4. The molecule has 2 aliphatic rings. The van der Waals surface area contributed by atoms with E-state index in [0.29, 0.717) is 26.4 Å². The number of fused-ring (bicyclic) bond motifs is 1. The van der Waals surface area contributed by atoms with Crippen molar-refractivity contribution in [1.82, 2.24) is 15.1 Å². The third kappa shape index (κ3) is 3.75. The van der Waals surface area contributed by atoms with Gasteiger partial charge in [-0.15, -0.1) is 0 Å². The molecule has 2 aliphatic heterocycles. The van der Waals surface area contributed by atoms with Crippen LogP contribution in [0.1, 0.15) is 29.3 Å². The molecule has 2 aromatic rings. The summed E-state index contributed by atoms with van der Waals surface area (Å²) in [6.07, 6.45) is 3.59. The molecule has 6 nitrogen and oxygen atoms in total. The minimum absolute atomic E-state index is 0.0290. The van der Waals surface area contributed by atoms with E-state index in [4.69, 9.17) is 14.6 Å². The molecule has 3 heterocycles. The van der Waals surface area contributed by atoms with Crippen molar-refractivity contribution >= 4 is 5.91 Å². The zero-order valence-corrected chi connectivity index (χ0v) is 14.2. The molecule has 6 heteroatoms. The third-order valence-electron chi connectivity index (χ3n) is 4.82. The highest BCUT2D eigenvalue weighted by Gasteiger charge is 2.28. The second-order valence-electron chi connectivity index (χ2n) is 6.64. The Balaban J connectivity index is 1.41. The van der Waals surface area contributed by atoms with Crippen molar-refractivity contribution in [3.8, 4) is 0 Å². The van der Waals surface area contributed by atoms with Crippen LogP contribution in [0.5, 0.6) is 0 Å². The molecule has 1 saturated heterocycles. The zero-order chi connectivity index (χ0) is 17.1. The highest BCUT2D eigenvalue weighted by molar-refractivity contribution is 5.79. The topological polar surface area (TPSA) is 65.4 Å². The Morgan fingerprint density at radius 2 is 2.16 bits per heavy atom. The predicted octanol–water partition coefficient (Wildman–Crippen LogP) is 1.70. The van der Waals surface area contributed by atoms with Gasteiger partial charge in [0.25, 0.3) is 0 Å². The lowest BCUT2D eigenvalue weighted by atomic mass is 10.1. The first-order valence-corrected chi connectivity index (χ1v) is 8.87. The SMILES string of the molecule is O=C(NC[C@@H]1OCCc2cn(Cc3ccccc3)nc21)[C@@H]1CCOC1. The molecule has 0 unspecified atom stereocenters. The van der Waals surface area contributed by atoms with E-state index >= 15 is 0 Å². The first kappa shape index (κ1) is 16.3. The van der Waals surface area contributed by atoms with Crippen LogP contribution in [0.2, 0.25) is 0 Å². The van der Waals surface area contributed by atoms with Crippen LogP contribution in [0.4, 0.5) is 0 Å². The van der Waals surface area contributed by atoms with E-state index in [1.807, 2.05) is 22.9 Å². The Hall–Kier alpha value is -2.18. The van der Waals surface area contributed by atoms with Crippen LogP contribution >= 0.6 is 0 Å². The average Bonchev–Trinajstić information content (AvgIpc) is 3.30. The van der Waals surface area contributed by atoms with E-state index in [0.717, 1.165) is 25.1 Å². The van der Waals surface area contributed by atoms with Gasteiger partial charge in [0.15, 0.2) is 0 Å². The number of nitrogens with zero attached hydrogens (tertiary/aromatic N) is 2. The minimum Gasteiger partial charge on any atom is -0.381 e. The van der Waals surface area contributed by atoms with Crippen LogP contribution in [0.25, 0.3) is 0 Å². The van der Waals surface area contributed by atoms with Gasteiger partial charge in [-0.3, -0.25) is 9.48 Å². The summed E-state index contributed by atoms with van der Waals surface area (Å²) in [5.74, 6) is 0.0237. The van der Waals surface area contributed by atoms with Gasteiger partial charge in [-0.25, -0.2) is 0 Å². The zero-order valence-electron chi connectivity index (χ0n) is 14.2. The van der Waals surface area contributed by atoms with Crippen molar-refractivity contribution in [3.05, 3.63) is 53.3 Å². The number of benzene rings is 1. The second-order valence-corrected chi connectivity index (χ2v) is 6.64. The molecule has 0 spiro atoms. The number of rotatable bonds is 5. The number of aromatic nitrogens is 2. The molecular weight excluding hydrogens is 318 g/mol. The van der Waals surface area contributed by atoms with Gasteiger partial charge in [-0.1, -0.05) is 30.3 Å². The summed E-state index contributed by atoms with van der Waals surface area (Å²) in [5.41, 5.74) is 3.38. The average molecular weight is 341 g/mol. The van der Waals surface area contributed by atoms with Crippen LogP contribution in [-0.4, -0.2) is 42.1 Å². The summed E-state index contributed by atoms with van der Waals surface area (Å²) in [6, 6.07) is 10.3. The van der Waals surface area contributed by atoms with Gasteiger partial charge in [-0.05, 0) is 24.0 Å². The molecule has 132 valence electrons. The monoisotopic (exact) mass is 341 g/mol. The molecule has 4 rings (SSSR count). The fourth-order valence-corrected chi connectivity index (χ4v) is 3.42. The lowest BCUT2D eigenvalue weighted by Crippen LogP contribution is -2.36. The molecule has 2 atom stereocenters. The van der Waals surface area contributed by atoms with Crippen LogP contribution in [-0.2, 0) is 27.2 Å². The molecule has 1 aromatic heterocycles. The maximum Gasteiger partial charge on any atom is 0.225 e. The molecule has 0 radical (unpaired) electrons. The Morgan fingerprint density at radius 3 is 2.96 bits per heavy atom. The smallest absolute Gasteiger partial charge is 0.225 e. The molecular formula is C19H23N3O3. The Kier molecular flexibility index (Phi) is 4.81. The van der Waals surface area contributed by atoms with Gasteiger partial charge in [-0.2, -0.15) is 5.10 Å². The summed E-state index contributed by atoms with van der Waals surface area (Å²) >= 11 is 0. The first-order valence-electron chi connectivity index (χ1n) is 8.87. The van der Waals surface area contributed by atoms with E-state index in [1.165, 1.54) is 11.1 Å². The molecule has 0 bridgehead atoms. The maximum absolute atomic E-state index is 12.2. The van der Waals surface area contributed by atoms with Crippen LogP contribution in [0.15, 0.2) is 36.5 Å². The Morgan fingerprint density at radius 1 is 1.28 bits per heavy atom. The quantitative estimate of drug-likeness (QED) is 0.899. The van der Waals surface area contributed by atoms with E-state index < -0.39 is 0 Å². The number of hydrogen-bond donors (Lipinski definition) is 1. The van der Waals surface area contributed by atoms with Gasteiger partial charge in [0.1, 0.15) is 6.10 Å². The summed E-state index contributed by atoms with van der Waals surface area (Å²) in [5, 5.41) is 7.72. The number of amides is 1. The Labute approximate surface area is 147 Å². The van der Waals surface area contributed by atoms with Crippen molar-refractivity contribution in [1.29, 1.82) is 0 Å². The molecule has 0 aliphatic carbocycles. The van der Waals surface area contributed by atoms with E-state index in [9.17, 15) is 4.79 Å². The highest BCUT2D eigenvalue weighted by Crippen LogP contribution is 2.25. The standard InChI is InChI=1S/C19H23N3O3/c23-19(16-6-8-24-13-16)20-10-17-18-15(7-9-25-17)12-22(21-18)11-14-4-2-1-3-5-14/h1-5,12,16-17H,6-11,13H2,(H,20,23)/t16-,17+/m1/s1. The molecule has 1 aromatic carbocycles. The molecule has 1 N–H and O–H groups in total. The molecule has 0 saturated carbocycles. The molecule has 1 amide bonds. The fourth-order valence-electron chi connectivity index (χ4n) is 3.42. The third-order valence-corrected chi connectivity index (χ3v) is 4.82. The van der Waals surface area contributed by atoms with E-state index in [-0.39, 0.29) is 17.9 Å². The summed E-state index contributed by atoms with van der Waals surface area (Å²) < 4.78 is 13.1. The minimum atomic E-state index is -0.174.